The quantitative estimate of drug-likeness (QED) is 0.523. The Morgan fingerprint density at radius 2 is 1.21 bits per heavy atom. The van der Waals surface area contributed by atoms with Gasteiger partial charge in [-0.1, -0.05) is 109 Å². The third-order valence-corrected chi connectivity index (χ3v) is 7.95. The number of likely N-dealkylation sites (N-methyl/N-ethyl adjacent to an activating group) is 1. The van der Waals surface area contributed by atoms with Crippen molar-refractivity contribution in [3.63, 3.8) is 0 Å². The van der Waals surface area contributed by atoms with Gasteiger partial charge in [0.25, 0.3) is 0 Å². The maximum atomic E-state index is 2.40. The predicted octanol–water partition coefficient (Wildman–Crippen LogP) is 5.29. The van der Waals surface area contributed by atoms with Crippen LogP contribution in [0.4, 0.5) is 0 Å². The van der Waals surface area contributed by atoms with Crippen molar-refractivity contribution >= 4 is 18.5 Å². The van der Waals surface area contributed by atoms with Crippen LogP contribution in [0.25, 0.3) is 0 Å². The van der Waals surface area contributed by atoms with E-state index >= 15 is 0 Å². The molecule has 3 aromatic carbocycles. The van der Waals surface area contributed by atoms with Gasteiger partial charge in [0.1, 0.15) is 0 Å². The van der Waals surface area contributed by atoms with Crippen molar-refractivity contribution in [2.24, 2.45) is 0 Å². The summed E-state index contributed by atoms with van der Waals surface area (Å²) in [6, 6.07) is 33.2. The van der Waals surface area contributed by atoms with Gasteiger partial charge in [0.15, 0.2) is 0 Å². The van der Waals surface area contributed by atoms with E-state index in [9.17, 15) is 0 Å². The van der Waals surface area contributed by atoms with Crippen molar-refractivity contribution in [1.82, 2.24) is 4.90 Å². The third kappa shape index (κ3) is 3.87. The van der Waals surface area contributed by atoms with Gasteiger partial charge in [0.2, 0.25) is 0 Å². The Hall–Kier alpha value is -2.47. The molecule has 0 amide bonds. The van der Waals surface area contributed by atoms with Crippen LogP contribution in [0.2, 0.25) is 0 Å². The molecule has 4 rings (SSSR count). The van der Waals surface area contributed by atoms with E-state index in [2.05, 4.69) is 128 Å². The first kappa shape index (κ1) is 18.9. The van der Waals surface area contributed by atoms with Crippen LogP contribution in [0.3, 0.4) is 0 Å². The smallest absolute Gasteiger partial charge is 0.0568 e. The topological polar surface area (TPSA) is 3.24 Å². The lowest BCUT2D eigenvalue weighted by atomic mass is 9.97. The molecule has 0 radical (unpaired) electrons. The fourth-order valence-electron chi connectivity index (χ4n) is 4.04. The minimum Gasteiger partial charge on any atom is -0.299 e. The summed E-state index contributed by atoms with van der Waals surface area (Å²) in [5.74, 6) is 0. The molecule has 1 aliphatic rings. The fourth-order valence-corrected chi connectivity index (χ4v) is 6.77. The molecule has 0 heterocycles. The predicted molar refractivity (Wildman–Crippen MR) is 123 cm³/mol. The standard InChI is InChI=1S/C26H26NP/c1-27(2)26(21-13-6-3-7-14-21)24-19-12-20-25(24)28(22-15-8-4-9-16-22)23-17-10-5-11-18-23/h3-20,25-26H,1-2H3/t25-,26?/m1/s1. The van der Waals surface area contributed by atoms with Crippen molar-refractivity contribution in [2.45, 2.75) is 11.7 Å². The average Bonchev–Trinajstić information content (AvgIpc) is 3.19. The molecule has 0 saturated heterocycles. The normalized spacial score (nSPS) is 17.1. The summed E-state index contributed by atoms with van der Waals surface area (Å²) in [4.78, 5) is 2.34. The van der Waals surface area contributed by atoms with Gasteiger partial charge in [0, 0.05) is 5.66 Å². The largest absolute Gasteiger partial charge is 0.299 e. The monoisotopic (exact) mass is 383 g/mol. The first-order chi connectivity index (χ1) is 13.8. The molecule has 0 aromatic heterocycles. The molecule has 2 atom stereocenters. The Balaban J connectivity index is 1.78. The van der Waals surface area contributed by atoms with E-state index in [1.807, 2.05) is 0 Å². The number of allylic oxidation sites excluding steroid dienone is 3. The molecule has 0 aliphatic heterocycles. The van der Waals surface area contributed by atoms with Gasteiger partial charge in [0.05, 0.1) is 6.04 Å². The van der Waals surface area contributed by atoms with E-state index in [0.29, 0.717) is 5.66 Å². The van der Waals surface area contributed by atoms with E-state index in [4.69, 9.17) is 0 Å². The first-order valence-electron chi connectivity index (χ1n) is 9.74. The summed E-state index contributed by atoms with van der Waals surface area (Å²) >= 11 is 0. The van der Waals surface area contributed by atoms with E-state index in [1.54, 1.807) is 0 Å². The molecule has 140 valence electrons. The molecule has 1 aliphatic carbocycles. The Morgan fingerprint density at radius 3 is 1.71 bits per heavy atom. The number of hydrogen-bond acceptors (Lipinski definition) is 1. The van der Waals surface area contributed by atoms with Crippen molar-refractivity contribution in [1.29, 1.82) is 0 Å². The highest BCUT2D eigenvalue weighted by atomic mass is 31.1. The first-order valence-corrected chi connectivity index (χ1v) is 11.2. The highest BCUT2D eigenvalue weighted by Crippen LogP contribution is 2.49. The van der Waals surface area contributed by atoms with Crippen LogP contribution in [0.5, 0.6) is 0 Å². The molecule has 0 bridgehead atoms. The van der Waals surface area contributed by atoms with E-state index in [0.717, 1.165) is 0 Å². The Morgan fingerprint density at radius 1 is 0.714 bits per heavy atom. The lowest BCUT2D eigenvalue weighted by molar-refractivity contribution is 0.335. The molecule has 0 fully saturated rings. The maximum Gasteiger partial charge on any atom is 0.0568 e. The van der Waals surface area contributed by atoms with Crippen LogP contribution in [0.15, 0.2) is 115 Å². The maximum absolute atomic E-state index is 2.40. The second-order valence-corrected chi connectivity index (χ2v) is 9.64. The minimum absolute atomic E-state index is 0.277. The van der Waals surface area contributed by atoms with Gasteiger partial charge in [-0.2, -0.15) is 0 Å². The van der Waals surface area contributed by atoms with Crippen molar-refractivity contribution in [3.8, 4) is 0 Å². The molecule has 3 aromatic rings. The number of nitrogens with zero attached hydrogens (tertiary/aromatic N) is 1. The second kappa shape index (κ2) is 8.69. The number of benzene rings is 3. The summed E-state index contributed by atoms with van der Waals surface area (Å²) in [6.07, 6.45) is 6.99. The summed E-state index contributed by atoms with van der Waals surface area (Å²) in [5.41, 5.74) is 3.23. The van der Waals surface area contributed by atoms with Crippen LogP contribution in [0.1, 0.15) is 11.6 Å². The van der Waals surface area contributed by atoms with Crippen molar-refractivity contribution in [3.05, 3.63) is 120 Å². The van der Waals surface area contributed by atoms with Gasteiger partial charge in [-0.05, 0) is 43.8 Å². The van der Waals surface area contributed by atoms with Crippen molar-refractivity contribution < 1.29 is 0 Å². The van der Waals surface area contributed by atoms with Crippen molar-refractivity contribution in [2.75, 3.05) is 14.1 Å². The van der Waals surface area contributed by atoms with Crippen LogP contribution in [-0.4, -0.2) is 24.7 Å². The molecule has 0 spiro atoms. The highest BCUT2D eigenvalue weighted by molar-refractivity contribution is 7.74. The van der Waals surface area contributed by atoms with E-state index in [1.165, 1.54) is 21.7 Å². The lowest BCUT2D eigenvalue weighted by Crippen LogP contribution is -2.29. The molecule has 1 unspecified atom stereocenters. The lowest BCUT2D eigenvalue weighted by Gasteiger charge is -2.34. The molecular weight excluding hydrogens is 357 g/mol. The fraction of sp³-hybridized carbons (Fsp3) is 0.154. The summed E-state index contributed by atoms with van der Waals surface area (Å²) in [5, 5.41) is 2.86. The molecular formula is C26H26NP. The van der Waals surface area contributed by atoms with Gasteiger partial charge >= 0.3 is 0 Å². The molecule has 28 heavy (non-hydrogen) atoms. The third-order valence-electron chi connectivity index (χ3n) is 5.22. The van der Waals surface area contributed by atoms with Gasteiger partial charge < -0.3 is 0 Å². The van der Waals surface area contributed by atoms with E-state index in [-0.39, 0.29) is 6.04 Å². The summed E-state index contributed by atoms with van der Waals surface area (Å²) < 4.78 is 0. The molecule has 0 saturated carbocycles. The van der Waals surface area contributed by atoms with Crippen LogP contribution in [0, 0.1) is 0 Å². The molecule has 2 heteroatoms. The zero-order chi connectivity index (χ0) is 19.3. The van der Waals surface area contributed by atoms with Crippen LogP contribution in [-0.2, 0) is 0 Å². The summed E-state index contributed by atoms with van der Waals surface area (Å²) in [6.45, 7) is 0. The average molecular weight is 383 g/mol. The molecule has 1 nitrogen and oxygen atoms in total. The highest BCUT2D eigenvalue weighted by Gasteiger charge is 2.33. The Bertz CT molecular complexity index is 906. The van der Waals surface area contributed by atoms with Crippen LogP contribution < -0.4 is 10.6 Å². The van der Waals surface area contributed by atoms with Gasteiger partial charge in [-0.15, -0.1) is 0 Å². The zero-order valence-electron chi connectivity index (χ0n) is 16.4. The number of rotatable bonds is 6. The van der Waals surface area contributed by atoms with Crippen LogP contribution >= 0.6 is 7.92 Å². The van der Waals surface area contributed by atoms with Gasteiger partial charge in [-0.3, -0.25) is 4.90 Å². The zero-order valence-corrected chi connectivity index (χ0v) is 17.3. The minimum atomic E-state index is -0.521. The van der Waals surface area contributed by atoms with E-state index < -0.39 is 7.92 Å². The van der Waals surface area contributed by atoms with Gasteiger partial charge in [-0.25, -0.2) is 0 Å². The number of hydrogen-bond donors (Lipinski definition) is 0. The Kier molecular flexibility index (Phi) is 5.86. The summed E-state index contributed by atoms with van der Waals surface area (Å²) in [7, 11) is 3.84. The SMILES string of the molecule is CN(C)C(C1=CC=C[C@H]1P(c1ccccc1)c1ccccc1)c1ccccc1. The molecule has 0 N–H and O–H groups in total. The Labute approximate surface area is 169 Å². The second-order valence-electron chi connectivity index (χ2n) is 7.31.